The van der Waals surface area contributed by atoms with E-state index >= 15 is 0 Å². The number of benzene rings is 2. The first-order chi connectivity index (χ1) is 13.2. The topological polar surface area (TPSA) is 72.7 Å². The Balaban J connectivity index is 1.47. The average molecular weight is 393 g/mol. The van der Waals surface area contributed by atoms with Crippen molar-refractivity contribution in [1.29, 1.82) is 0 Å². The number of nitrogens with zero attached hydrogens (tertiary/aromatic N) is 4. The molecule has 0 atom stereocenters. The molecule has 4 rings (SSSR count). The van der Waals surface area contributed by atoms with Crippen LogP contribution in [0.25, 0.3) is 16.9 Å². The predicted octanol–water partition coefficient (Wildman–Crippen LogP) is 4.37. The van der Waals surface area contributed by atoms with Gasteiger partial charge in [-0.15, -0.1) is 28.2 Å². The monoisotopic (exact) mass is 393 g/mol. The number of hydrogen-bond donors (Lipinski definition) is 1. The Labute approximate surface area is 164 Å². The molecule has 0 spiro atoms. The molecule has 134 valence electrons. The van der Waals surface area contributed by atoms with Gasteiger partial charge in [0.25, 0.3) is 5.91 Å². The zero-order chi connectivity index (χ0) is 18.6. The van der Waals surface area contributed by atoms with Crippen molar-refractivity contribution in [1.82, 2.24) is 20.0 Å². The van der Waals surface area contributed by atoms with Gasteiger partial charge in [0.15, 0.2) is 10.8 Å². The minimum atomic E-state index is -0.337. The Morgan fingerprint density at radius 3 is 2.63 bits per heavy atom. The Hall–Kier alpha value is -2.97. The van der Waals surface area contributed by atoms with Crippen molar-refractivity contribution in [3.8, 4) is 16.9 Å². The smallest absolute Gasteiger partial charge is 0.279 e. The first kappa shape index (κ1) is 17.4. The second-order valence-electron chi connectivity index (χ2n) is 5.60. The van der Waals surface area contributed by atoms with E-state index in [2.05, 4.69) is 32.7 Å². The molecular weight excluding hydrogens is 378 g/mol. The first-order valence-electron chi connectivity index (χ1n) is 8.12. The van der Waals surface area contributed by atoms with Crippen LogP contribution in [0.1, 0.15) is 10.5 Å². The number of aromatic nitrogens is 4. The van der Waals surface area contributed by atoms with E-state index in [1.165, 1.54) is 16.2 Å². The molecule has 2 aromatic heterocycles. The maximum Gasteiger partial charge on any atom is 0.279 e. The van der Waals surface area contributed by atoms with Crippen molar-refractivity contribution in [2.24, 2.45) is 0 Å². The van der Waals surface area contributed by atoms with Crippen LogP contribution >= 0.6 is 23.1 Å². The number of thioether (sulfide) groups is 1. The zero-order valence-electron chi connectivity index (χ0n) is 14.4. The van der Waals surface area contributed by atoms with E-state index in [-0.39, 0.29) is 11.6 Å². The molecule has 0 bridgehead atoms. The van der Waals surface area contributed by atoms with E-state index in [1.807, 2.05) is 54.1 Å². The van der Waals surface area contributed by atoms with Crippen LogP contribution in [0.5, 0.6) is 0 Å². The molecule has 0 radical (unpaired) electrons. The molecule has 2 aromatic carbocycles. The number of amides is 1. The van der Waals surface area contributed by atoms with Crippen molar-refractivity contribution in [3.63, 3.8) is 0 Å². The summed E-state index contributed by atoms with van der Waals surface area (Å²) < 4.78 is 1.56. The highest BCUT2D eigenvalue weighted by Crippen LogP contribution is 2.27. The molecule has 27 heavy (non-hydrogen) atoms. The van der Waals surface area contributed by atoms with Crippen LogP contribution in [0.3, 0.4) is 0 Å². The summed E-state index contributed by atoms with van der Waals surface area (Å²) in [6.07, 6.45) is 3.64. The fourth-order valence-corrected chi connectivity index (χ4v) is 3.58. The van der Waals surface area contributed by atoms with Gasteiger partial charge in [-0.3, -0.25) is 10.1 Å². The Morgan fingerprint density at radius 1 is 1.11 bits per heavy atom. The number of anilines is 1. The summed E-state index contributed by atoms with van der Waals surface area (Å²) in [5.74, 6) is -0.337. The SMILES string of the molecule is CSc1ccc(-c2csc(NC(=O)c3cn(-c4ccccc4)nn3)n2)cc1. The lowest BCUT2D eigenvalue weighted by molar-refractivity contribution is 0.102. The van der Waals surface area contributed by atoms with Crippen LogP contribution in [0.4, 0.5) is 5.13 Å². The highest BCUT2D eigenvalue weighted by atomic mass is 32.2. The van der Waals surface area contributed by atoms with Gasteiger partial charge in [-0.05, 0) is 30.5 Å². The molecule has 0 saturated carbocycles. The van der Waals surface area contributed by atoms with Crippen LogP contribution in [-0.4, -0.2) is 32.1 Å². The van der Waals surface area contributed by atoms with Gasteiger partial charge in [-0.1, -0.05) is 35.5 Å². The number of rotatable bonds is 5. The van der Waals surface area contributed by atoms with Gasteiger partial charge in [0.1, 0.15) is 0 Å². The molecule has 0 unspecified atom stereocenters. The van der Waals surface area contributed by atoms with Gasteiger partial charge >= 0.3 is 0 Å². The number of thiazole rings is 1. The summed E-state index contributed by atoms with van der Waals surface area (Å²) in [4.78, 5) is 18.1. The third-order valence-corrected chi connectivity index (χ3v) is 5.36. The molecule has 1 N–H and O–H groups in total. The predicted molar refractivity (Wildman–Crippen MR) is 109 cm³/mol. The van der Waals surface area contributed by atoms with Gasteiger partial charge < -0.3 is 0 Å². The van der Waals surface area contributed by atoms with Crippen LogP contribution in [0.15, 0.2) is 71.1 Å². The van der Waals surface area contributed by atoms with Crippen molar-refractivity contribution >= 4 is 34.1 Å². The summed E-state index contributed by atoms with van der Waals surface area (Å²) in [7, 11) is 0. The van der Waals surface area contributed by atoms with Gasteiger partial charge in [-0.2, -0.15) is 0 Å². The normalized spacial score (nSPS) is 10.7. The number of carbonyl (C=O) groups is 1. The largest absolute Gasteiger partial charge is 0.296 e. The molecule has 0 aliphatic heterocycles. The van der Waals surface area contributed by atoms with E-state index in [0.29, 0.717) is 5.13 Å². The average Bonchev–Trinajstić information content (AvgIpc) is 3.39. The second kappa shape index (κ2) is 7.73. The quantitative estimate of drug-likeness (QED) is 0.510. The maximum atomic E-state index is 12.4. The third-order valence-electron chi connectivity index (χ3n) is 3.86. The maximum absolute atomic E-state index is 12.4. The molecule has 0 aliphatic carbocycles. The summed E-state index contributed by atoms with van der Waals surface area (Å²) in [6.45, 7) is 0. The Bertz CT molecular complexity index is 1060. The Morgan fingerprint density at radius 2 is 1.89 bits per heavy atom. The zero-order valence-corrected chi connectivity index (χ0v) is 16.0. The number of hydrogen-bond acceptors (Lipinski definition) is 6. The standard InChI is InChI=1S/C19H15N5OS2/c1-26-15-9-7-13(8-10-15)17-12-27-19(20-17)21-18(25)16-11-24(23-22-16)14-5-3-2-4-6-14/h2-12H,1H3,(H,20,21,25). The van der Waals surface area contributed by atoms with E-state index in [1.54, 1.807) is 22.6 Å². The molecular formula is C19H15N5OS2. The molecule has 0 fully saturated rings. The minimum absolute atomic E-state index is 0.236. The number of para-hydroxylation sites is 1. The molecule has 6 nitrogen and oxygen atoms in total. The van der Waals surface area contributed by atoms with E-state index in [0.717, 1.165) is 16.9 Å². The summed E-state index contributed by atoms with van der Waals surface area (Å²) in [5, 5.41) is 13.2. The van der Waals surface area contributed by atoms with Gasteiger partial charge in [0.2, 0.25) is 0 Å². The van der Waals surface area contributed by atoms with Crippen molar-refractivity contribution < 1.29 is 4.79 Å². The highest BCUT2D eigenvalue weighted by Gasteiger charge is 2.14. The molecule has 0 aliphatic rings. The molecule has 0 saturated heterocycles. The van der Waals surface area contributed by atoms with Crippen molar-refractivity contribution in [2.45, 2.75) is 4.90 Å². The van der Waals surface area contributed by atoms with E-state index < -0.39 is 0 Å². The van der Waals surface area contributed by atoms with E-state index in [4.69, 9.17) is 0 Å². The first-order valence-corrected chi connectivity index (χ1v) is 10.2. The third kappa shape index (κ3) is 3.91. The van der Waals surface area contributed by atoms with Gasteiger partial charge in [0, 0.05) is 15.8 Å². The van der Waals surface area contributed by atoms with Crippen molar-refractivity contribution in [2.75, 3.05) is 11.6 Å². The van der Waals surface area contributed by atoms with Gasteiger partial charge in [0.05, 0.1) is 17.6 Å². The fraction of sp³-hybridized carbons (Fsp3) is 0.0526. The fourth-order valence-electron chi connectivity index (χ4n) is 2.46. The van der Waals surface area contributed by atoms with E-state index in [9.17, 15) is 4.79 Å². The van der Waals surface area contributed by atoms with Crippen LogP contribution in [0, 0.1) is 0 Å². The summed E-state index contributed by atoms with van der Waals surface area (Å²) in [6, 6.07) is 17.7. The van der Waals surface area contributed by atoms with Crippen LogP contribution in [0.2, 0.25) is 0 Å². The molecule has 2 heterocycles. The lowest BCUT2D eigenvalue weighted by Crippen LogP contribution is -2.12. The highest BCUT2D eigenvalue weighted by molar-refractivity contribution is 7.98. The minimum Gasteiger partial charge on any atom is -0.296 e. The lowest BCUT2D eigenvalue weighted by atomic mass is 10.2. The molecule has 8 heteroatoms. The number of nitrogens with one attached hydrogen (secondary N) is 1. The molecule has 1 amide bonds. The van der Waals surface area contributed by atoms with Gasteiger partial charge in [-0.25, -0.2) is 9.67 Å². The van der Waals surface area contributed by atoms with Crippen LogP contribution < -0.4 is 5.32 Å². The summed E-state index contributed by atoms with van der Waals surface area (Å²) in [5.41, 5.74) is 2.92. The Kier molecular flexibility index (Phi) is 4.99. The second-order valence-corrected chi connectivity index (χ2v) is 7.34. The number of carbonyl (C=O) groups excluding carboxylic acids is 1. The van der Waals surface area contributed by atoms with Crippen molar-refractivity contribution in [3.05, 3.63) is 71.9 Å². The molecule has 4 aromatic rings. The van der Waals surface area contributed by atoms with Crippen LogP contribution in [-0.2, 0) is 0 Å². The lowest BCUT2D eigenvalue weighted by Gasteiger charge is -2.00. The summed E-state index contributed by atoms with van der Waals surface area (Å²) >= 11 is 3.07.